The zero-order valence-electron chi connectivity index (χ0n) is 16.6. The normalized spacial score (nSPS) is 12.2. The number of rotatable bonds is 15. The first-order chi connectivity index (χ1) is 11.5. The van der Waals surface area contributed by atoms with E-state index in [-0.39, 0.29) is 5.91 Å². The smallest absolute Gasteiger partial charge is 0.263 e. The van der Waals surface area contributed by atoms with Crippen molar-refractivity contribution in [3.63, 3.8) is 0 Å². The summed E-state index contributed by atoms with van der Waals surface area (Å²) < 4.78 is 1.20. The monoisotopic (exact) mass is 357 g/mol. The Balaban J connectivity index is 3.85. The summed E-state index contributed by atoms with van der Waals surface area (Å²) in [5.41, 5.74) is 2.15. The van der Waals surface area contributed by atoms with Gasteiger partial charge in [-0.2, -0.15) is 0 Å². The summed E-state index contributed by atoms with van der Waals surface area (Å²) in [7, 11) is 1.63. The van der Waals surface area contributed by atoms with E-state index < -0.39 is 0 Å². The molecule has 0 radical (unpaired) electrons. The number of allylic oxidation sites excluding steroid dienone is 1. The summed E-state index contributed by atoms with van der Waals surface area (Å²) in [6.45, 7) is 6.50. The van der Waals surface area contributed by atoms with Crippen molar-refractivity contribution in [3.05, 3.63) is 11.1 Å². The second-order valence-electron chi connectivity index (χ2n) is 7.08. The highest BCUT2D eigenvalue weighted by molar-refractivity contribution is 6.23. The van der Waals surface area contributed by atoms with Gasteiger partial charge in [-0.25, -0.2) is 0 Å². The highest BCUT2D eigenvalue weighted by atomic mass is 35.5. The van der Waals surface area contributed by atoms with Gasteiger partial charge >= 0.3 is 0 Å². The SMILES string of the molecule is CCCCCCCCCCCCCC(C(=O)N(C)Cl)=C(C)CCC. The molecule has 0 atom stereocenters. The maximum Gasteiger partial charge on any atom is 0.263 e. The molecule has 24 heavy (non-hydrogen) atoms. The summed E-state index contributed by atoms with van der Waals surface area (Å²) in [5.74, 6) is -0.0188. The molecule has 2 nitrogen and oxygen atoms in total. The molecule has 3 heteroatoms. The van der Waals surface area contributed by atoms with Crippen LogP contribution in [0, 0.1) is 0 Å². The molecule has 0 unspecified atom stereocenters. The maximum atomic E-state index is 12.2. The summed E-state index contributed by atoms with van der Waals surface area (Å²) >= 11 is 5.86. The maximum absolute atomic E-state index is 12.2. The molecular weight excluding hydrogens is 318 g/mol. The second-order valence-corrected chi connectivity index (χ2v) is 7.58. The van der Waals surface area contributed by atoms with Gasteiger partial charge in [0.25, 0.3) is 5.91 Å². The Morgan fingerprint density at radius 1 is 0.750 bits per heavy atom. The third-order valence-electron chi connectivity index (χ3n) is 4.71. The molecule has 0 aromatic heterocycles. The molecule has 0 saturated carbocycles. The Hall–Kier alpha value is -0.500. The van der Waals surface area contributed by atoms with Gasteiger partial charge in [-0.05, 0) is 26.2 Å². The van der Waals surface area contributed by atoms with Crippen molar-refractivity contribution in [2.45, 2.75) is 111 Å². The van der Waals surface area contributed by atoms with Crippen molar-refractivity contribution in [3.8, 4) is 0 Å². The zero-order chi connectivity index (χ0) is 18.2. The third-order valence-corrected chi connectivity index (χ3v) is 4.86. The molecule has 0 spiro atoms. The van der Waals surface area contributed by atoms with Crippen LogP contribution in [-0.4, -0.2) is 17.4 Å². The Labute approximate surface area is 156 Å². The number of halogens is 1. The molecule has 0 fully saturated rings. The Morgan fingerprint density at radius 3 is 1.62 bits per heavy atom. The van der Waals surface area contributed by atoms with E-state index in [4.69, 9.17) is 11.8 Å². The van der Waals surface area contributed by atoms with Crippen LogP contribution < -0.4 is 0 Å². The third kappa shape index (κ3) is 11.9. The predicted molar refractivity (Wildman–Crippen MR) is 107 cm³/mol. The Morgan fingerprint density at radius 2 is 1.21 bits per heavy atom. The van der Waals surface area contributed by atoms with Gasteiger partial charge in [0.15, 0.2) is 0 Å². The molecule has 0 bridgehead atoms. The summed E-state index contributed by atoms with van der Waals surface area (Å²) in [6, 6.07) is 0. The Bertz CT molecular complexity index is 350. The lowest BCUT2D eigenvalue weighted by molar-refractivity contribution is -0.122. The fourth-order valence-electron chi connectivity index (χ4n) is 3.18. The quantitative estimate of drug-likeness (QED) is 0.169. The van der Waals surface area contributed by atoms with E-state index in [0.29, 0.717) is 0 Å². The van der Waals surface area contributed by atoms with Crippen LogP contribution in [0.3, 0.4) is 0 Å². The van der Waals surface area contributed by atoms with Gasteiger partial charge in [0.2, 0.25) is 0 Å². The first-order valence-corrected chi connectivity index (χ1v) is 10.5. The minimum absolute atomic E-state index is 0.0188. The lowest BCUT2D eigenvalue weighted by Gasteiger charge is -2.14. The van der Waals surface area contributed by atoms with Crippen molar-refractivity contribution < 1.29 is 4.79 Å². The van der Waals surface area contributed by atoms with E-state index in [1.165, 1.54) is 74.2 Å². The molecule has 0 rings (SSSR count). The molecule has 0 aliphatic rings. The van der Waals surface area contributed by atoms with Gasteiger partial charge in [0.05, 0.1) is 0 Å². The van der Waals surface area contributed by atoms with Crippen molar-refractivity contribution in [1.82, 2.24) is 4.42 Å². The molecule has 0 saturated heterocycles. The topological polar surface area (TPSA) is 20.3 Å². The molecule has 0 aliphatic heterocycles. The van der Waals surface area contributed by atoms with Crippen LogP contribution in [0.25, 0.3) is 0 Å². The number of hydrogen-bond acceptors (Lipinski definition) is 1. The van der Waals surface area contributed by atoms with E-state index in [1.807, 2.05) is 0 Å². The summed E-state index contributed by atoms with van der Waals surface area (Å²) in [4.78, 5) is 12.2. The molecular formula is C21H40ClNO. The van der Waals surface area contributed by atoms with Gasteiger partial charge in [-0.1, -0.05) is 90.0 Å². The van der Waals surface area contributed by atoms with E-state index >= 15 is 0 Å². The molecule has 0 N–H and O–H groups in total. The van der Waals surface area contributed by atoms with Gasteiger partial charge in [-0.15, -0.1) is 0 Å². The van der Waals surface area contributed by atoms with Crippen molar-refractivity contribution in [2.24, 2.45) is 0 Å². The fraction of sp³-hybridized carbons (Fsp3) is 0.857. The van der Waals surface area contributed by atoms with Crippen LogP contribution in [0.1, 0.15) is 111 Å². The van der Waals surface area contributed by atoms with Gasteiger partial charge in [-0.3, -0.25) is 9.21 Å². The predicted octanol–water partition coefficient (Wildman–Crippen LogP) is 7.42. The molecule has 0 aliphatic carbocycles. The average Bonchev–Trinajstić information content (AvgIpc) is 2.55. The van der Waals surface area contributed by atoms with E-state index in [9.17, 15) is 4.79 Å². The van der Waals surface area contributed by atoms with Gasteiger partial charge < -0.3 is 0 Å². The molecule has 1 amide bonds. The minimum atomic E-state index is -0.0188. The molecule has 142 valence electrons. The van der Waals surface area contributed by atoms with Crippen LogP contribution >= 0.6 is 11.8 Å². The molecule has 0 aromatic carbocycles. The second kappa shape index (κ2) is 16.0. The standard InChI is InChI=1S/C21H40ClNO/c1-5-7-8-9-10-11-12-13-14-15-16-18-20(19(3)17-6-2)21(24)23(4)22/h5-18H2,1-4H3. The van der Waals surface area contributed by atoms with Crippen LogP contribution in [-0.2, 0) is 4.79 Å². The van der Waals surface area contributed by atoms with Crippen LogP contribution in [0.4, 0.5) is 0 Å². The lowest BCUT2D eigenvalue weighted by Crippen LogP contribution is -2.20. The Kier molecular flexibility index (Phi) is 15.7. The first-order valence-electron chi connectivity index (χ1n) is 10.2. The minimum Gasteiger partial charge on any atom is -0.268 e. The van der Waals surface area contributed by atoms with Crippen LogP contribution in [0.5, 0.6) is 0 Å². The molecule has 0 aromatic rings. The zero-order valence-corrected chi connectivity index (χ0v) is 17.4. The van der Waals surface area contributed by atoms with Crippen LogP contribution in [0.15, 0.2) is 11.1 Å². The van der Waals surface area contributed by atoms with E-state index in [0.717, 1.165) is 31.3 Å². The number of unbranched alkanes of at least 4 members (excludes halogenated alkanes) is 10. The van der Waals surface area contributed by atoms with Crippen molar-refractivity contribution >= 4 is 17.7 Å². The fourth-order valence-corrected chi connectivity index (χ4v) is 3.28. The number of carbonyl (C=O) groups is 1. The van der Waals surface area contributed by atoms with Gasteiger partial charge in [0.1, 0.15) is 0 Å². The lowest BCUT2D eigenvalue weighted by atomic mass is 9.98. The van der Waals surface area contributed by atoms with Crippen LogP contribution in [0.2, 0.25) is 0 Å². The van der Waals surface area contributed by atoms with Crippen molar-refractivity contribution in [1.29, 1.82) is 0 Å². The molecule has 0 heterocycles. The first kappa shape index (κ1) is 23.5. The van der Waals surface area contributed by atoms with Crippen molar-refractivity contribution in [2.75, 3.05) is 7.05 Å². The highest BCUT2D eigenvalue weighted by Gasteiger charge is 2.15. The number of amides is 1. The van der Waals surface area contributed by atoms with Gasteiger partial charge in [0, 0.05) is 24.4 Å². The number of likely N-dealkylation sites (N-methyl/N-ethyl adjacent to an activating group) is 1. The summed E-state index contributed by atoms with van der Waals surface area (Å²) in [5, 5.41) is 0. The largest absolute Gasteiger partial charge is 0.268 e. The number of nitrogens with zero attached hydrogens (tertiary/aromatic N) is 1. The number of hydrogen-bond donors (Lipinski definition) is 0. The van der Waals surface area contributed by atoms with E-state index in [2.05, 4.69) is 20.8 Å². The number of carbonyl (C=O) groups excluding carboxylic acids is 1. The average molecular weight is 358 g/mol. The summed E-state index contributed by atoms with van der Waals surface area (Å²) in [6.07, 6.45) is 17.6. The van der Waals surface area contributed by atoms with E-state index in [1.54, 1.807) is 7.05 Å². The highest BCUT2D eigenvalue weighted by Crippen LogP contribution is 2.21.